The van der Waals surface area contributed by atoms with Crippen LogP contribution in [0.25, 0.3) is 0 Å². The molecule has 0 bridgehead atoms. The van der Waals surface area contributed by atoms with Crippen LogP contribution < -0.4 is 10.2 Å². The second-order valence-electron chi connectivity index (χ2n) is 5.90. The summed E-state index contributed by atoms with van der Waals surface area (Å²) in [5.74, 6) is -1.33. The molecule has 2 fully saturated rings. The number of rotatable bonds is 5. The molecule has 2 aliphatic rings. The van der Waals surface area contributed by atoms with Crippen molar-refractivity contribution in [1.29, 1.82) is 0 Å². The first kappa shape index (κ1) is 15.3. The lowest BCUT2D eigenvalue weighted by Crippen LogP contribution is -2.36. The van der Waals surface area contributed by atoms with Crippen LogP contribution in [0.4, 0.5) is 11.4 Å². The average Bonchev–Trinajstić information content (AvgIpc) is 3.18. The molecule has 0 aromatic heterocycles. The minimum absolute atomic E-state index is 0.163. The number of hydrogen-bond donors (Lipinski definition) is 2. The van der Waals surface area contributed by atoms with Gasteiger partial charge in [0.05, 0.1) is 4.92 Å². The molecule has 1 aliphatic carbocycles. The normalized spacial score (nSPS) is 20.3. The largest absolute Gasteiger partial charge is 0.480 e. The lowest BCUT2D eigenvalue weighted by atomic mass is 10.1. The Kier molecular flexibility index (Phi) is 3.89. The van der Waals surface area contributed by atoms with E-state index in [0.29, 0.717) is 19.4 Å². The maximum absolute atomic E-state index is 12.0. The van der Waals surface area contributed by atoms with E-state index in [4.69, 9.17) is 0 Å². The van der Waals surface area contributed by atoms with Crippen molar-refractivity contribution < 1.29 is 19.6 Å². The zero-order valence-corrected chi connectivity index (χ0v) is 12.4. The number of anilines is 1. The molecule has 3 rings (SSSR count). The fourth-order valence-corrected chi connectivity index (χ4v) is 2.86. The Morgan fingerprint density at radius 3 is 2.65 bits per heavy atom. The van der Waals surface area contributed by atoms with E-state index in [2.05, 4.69) is 5.32 Å². The number of aliphatic carboxylic acids is 1. The molecule has 122 valence electrons. The van der Waals surface area contributed by atoms with Crippen molar-refractivity contribution in [1.82, 2.24) is 5.32 Å². The third-order valence-corrected chi connectivity index (χ3v) is 4.19. The number of nitro groups is 1. The molecule has 0 spiro atoms. The first-order chi connectivity index (χ1) is 11.0. The quantitative estimate of drug-likeness (QED) is 0.629. The summed E-state index contributed by atoms with van der Waals surface area (Å²) in [5.41, 5.74) is 0.239. The summed E-state index contributed by atoms with van der Waals surface area (Å²) in [6, 6.07) is 3.61. The number of carbonyl (C=O) groups is 2. The summed E-state index contributed by atoms with van der Waals surface area (Å²) < 4.78 is 0. The molecule has 1 atom stereocenters. The molecule has 1 heterocycles. The standard InChI is InChI=1S/C15H17N3O5/c19-14(16-10-4-5-10)9-3-6-11(13(8-9)18(22)23)17-7-1-2-12(17)15(20)21/h3,6,8,10,12H,1-2,4-5,7H2,(H,16,19)(H,20,21)/t12-/m1/s1. The fourth-order valence-electron chi connectivity index (χ4n) is 2.86. The van der Waals surface area contributed by atoms with Gasteiger partial charge in [-0.25, -0.2) is 4.79 Å². The van der Waals surface area contributed by atoms with E-state index in [1.165, 1.54) is 23.1 Å². The van der Waals surface area contributed by atoms with Gasteiger partial charge >= 0.3 is 5.97 Å². The van der Waals surface area contributed by atoms with E-state index in [0.717, 1.165) is 12.8 Å². The van der Waals surface area contributed by atoms with Gasteiger partial charge in [0.1, 0.15) is 11.7 Å². The maximum atomic E-state index is 12.0. The molecule has 1 saturated heterocycles. The van der Waals surface area contributed by atoms with E-state index in [1.807, 2.05) is 0 Å². The Hall–Kier alpha value is -2.64. The Labute approximate surface area is 132 Å². The van der Waals surface area contributed by atoms with Crippen LogP contribution in [-0.4, -0.2) is 40.5 Å². The highest BCUT2D eigenvalue weighted by atomic mass is 16.6. The molecule has 0 unspecified atom stereocenters. The van der Waals surface area contributed by atoms with Gasteiger partial charge in [-0.05, 0) is 37.8 Å². The van der Waals surface area contributed by atoms with E-state index >= 15 is 0 Å². The number of nitrogens with one attached hydrogen (secondary N) is 1. The molecule has 0 radical (unpaired) electrons. The highest BCUT2D eigenvalue weighted by Gasteiger charge is 2.35. The minimum atomic E-state index is -0.993. The highest BCUT2D eigenvalue weighted by molar-refractivity contribution is 5.96. The van der Waals surface area contributed by atoms with Crippen LogP contribution in [0.3, 0.4) is 0 Å². The lowest BCUT2D eigenvalue weighted by molar-refractivity contribution is -0.384. The van der Waals surface area contributed by atoms with Crippen molar-refractivity contribution in [2.75, 3.05) is 11.4 Å². The Bertz CT molecular complexity index is 671. The number of nitrogens with zero attached hydrogens (tertiary/aromatic N) is 2. The first-order valence-corrected chi connectivity index (χ1v) is 7.56. The molecule has 1 aliphatic heterocycles. The maximum Gasteiger partial charge on any atom is 0.326 e. The van der Waals surface area contributed by atoms with Crippen molar-refractivity contribution in [3.63, 3.8) is 0 Å². The predicted molar refractivity (Wildman–Crippen MR) is 81.6 cm³/mol. The van der Waals surface area contributed by atoms with Gasteiger partial charge in [0.25, 0.3) is 11.6 Å². The molecule has 23 heavy (non-hydrogen) atoms. The van der Waals surface area contributed by atoms with Gasteiger partial charge in [0.2, 0.25) is 0 Å². The molecule has 8 heteroatoms. The Morgan fingerprint density at radius 2 is 2.04 bits per heavy atom. The summed E-state index contributed by atoms with van der Waals surface area (Å²) in [6.45, 7) is 0.450. The van der Waals surface area contributed by atoms with Crippen molar-refractivity contribution in [3.8, 4) is 0 Å². The molecule has 1 saturated carbocycles. The predicted octanol–water partition coefficient (Wildman–Crippen LogP) is 1.54. The van der Waals surface area contributed by atoms with E-state index in [9.17, 15) is 24.8 Å². The number of hydrogen-bond acceptors (Lipinski definition) is 5. The van der Waals surface area contributed by atoms with Crippen LogP contribution in [0.15, 0.2) is 18.2 Å². The topological polar surface area (TPSA) is 113 Å². The van der Waals surface area contributed by atoms with Crippen LogP contribution in [0.5, 0.6) is 0 Å². The molecule has 8 nitrogen and oxygen atoms in total. The van der Waals surface area contributed by atoms with Crippen LogP contribution in [0.2, 0.25) is 0 Å². The van der Waals surface area contributed by atoms with Crippen LogP contribution in [0.1, 0.15) is 36.0 Å². The van der Waals surface area contributed by atoms with Gasteiger partial charge in [0, 0.05) is 24.2 Å². The van der Waals surface area contributed by atoms with Gasteiger partial charge in [-0.1, -0.05) is 0 Å². The van der Waals surface area contributed by atoms with Crippen LogP contribution >= 0.6 is 0 Å². The van der Waals surface area contributed by atoms with E-state index in [-0.39, 0.29) is 28.9 Å². The molecule has 1 aromatic carbocycles. The van der Waals surface area contributed by atoms with Crippen molar-refractivity contribution in [2.45, 2.75) is 37.8 Å². The number of carboxylic acid groups (broad SMARTS) is 1. The summed E-state index contributed by atoms with van der Waals surface area (Å²) in [4.78, 5) is 35.7. The molecule has 2 N–H and O–H groups in total. The van der Waals surface area contributed by atoms with Crippen LogP contribution in [0, 0.1) is 10.1 Å². The van der Waals surface area contributed by atoms with Gasteiger partial charge in [0.15, 0.2) is 0 Å². The molecule has 1 amide bonds. The van der Waals surface area contributed by atoms with Crippen molar-refractivity contribution in [3.05, 3.63) is 33.9 Å². The number of nitro benzene ring substituents is 1. The molecular weight excluding hydrogens is 302 g/mol. The summed E-state index contributed by atoms with van der Waals surface area (Å²) in [6.07, 6.45) is 2.98. The number of carboxylic acids is 1. The monoisotopic (exact) mass is 319 g/mol. The lowest BCUT2D eigenvalue weighted by Gasteiger charge is -2.23. The summed E-state index contributed by atoms with van der Waals surface area (Å²) in [7, 11) is 0. The second kappa shape index (κ2) is 5.86. The Balaban J connectivity index is 1.92. The van der Waals surface area contributed by atoms with Gasteiger partial charge < -0.3 is 15.3 Å². The third-order valence-electron chi connectivity index (χ3n) is 4.19. The minimum Gasteiger partial charge on any atom is -0.480 e. The number of benzene rings is 1. The number of amides is 1. The first-order valence-electron chi connectivity index (χ1n) is 7.56. The average molecular weight is 319 g/mol. The Morgan fingerprint density at radius 1 is 1.30 bits per heavy atom. The van der Waals surface area contributed by atoms with Crippen molar-refractivity contribution >= 4 is 23.3 Å². The zero-order valence-electron chi connectivity index (χ0n) is 12.4. The smallest absolute Gasteiger partial charge is 0.326 e. The van der Waals surface area contributed by atoms with Gasteiger partial charge in [-0.15, -0.1) is 0 Å². The molecular formula is C15H17N3O5. The zero-order chi connectivity index (χ0) is 16.6. The second-order valence-corrected chi connectivity index (χ2v) is 5.90. The summed E-state index contributed by atoms with van der Waals surface area (Å²) in [5, 5.41) is 23.4. The highest BCUT2D eigenvalue weighted by Crippen LogP contribution is 2.34. The SMILES string of the molecule is O=C(NC1CC1)c1ccc(N2CCC[C@@H]2C(=O)O)c([N+](=O)[O-])c1. The molecule has 1 aromatic rings. The van der Waals surface area contributed by atoms with Crippen LogP contribution in [-0.2, 0) is 4.79 Å². The fraction of sp³-hybridized carbons (Fsp3) is 0.467. The third kappa shape index (κ3) is 3.10. The van der Waals surface area contributed by atoms with Crippen molar-refractivity contribution in [2.24, 2.45) is 0 Å². The van der Waals surface area contributed by atoms with E-state index in [1.54, 1.807) is 0 Å². The number of carbonyl (C=O) groups excluding carboxylic acids is 1. The van der Waals surface area contributed by atoms with Gasteiger partial charge in [-0.3, -0.25) is 14.9 Å². The van der Waals surface area contributed by atoms with Gasteiger partial charge in [-0.2, -0.15) is 0 Å². The summed E-state index contributed by atoms with van der Waals surface area (Å²) >= 11 is 0. The van der Waals surface area contributed by atoms with E-state index < -0.39 is 16.9 Å².